The van der Waals surface area contributed by atoms with Gasteiger partial charge < -0.3 is 35.8 Å². The first-order chi connectivity index (χ1) is 20.3. The zero-order chi connectivity index (χ0) is 33.2. The van der Waals surface area contributed by atoms with Crippen LogP contribution in [0.15, 0.2) is 12.7 Å². The van der Waals surface area contributed by atoms with Crippen molar-refractivity contribution in [3.8, 4) is 0 Å². The molecule has 0 aromatic heterocycles. The highest BCUT2D eigenvalue weighted by molar-refractivity contribution is 6.37. The first kappa shape index (κ1) is 34.8. The molecule has 3 rings (SSSR count). The first-order valence-electron chi connectivity index (χ1n) is 15.3. The number of carbonyl (C=O) groups excluding carboxylic acids is 6. The van der Waals surface area contributed by atoms with Crippen molar-refractivity contribution in [1.82, 2.24) is 31.1 Å². The molecule has 3 fully saturated rings. The van der Waals surface area contributed by atoms with Gasteiger partial charge in [-0.05, 0) is 34.5 Å². The van der Waals surface area contributed by atoms with Gasteiger partial charge >= 0.3 is 12.1 Å². The average Bonchev–Trinajstić information content (AvgIpc) is 3.24. The summed E-state index contributed by atoms with van der Waals surface area (Å²) in [4.78, 5) is 80.5. The lowest BCUT2D eigenvalue weighted by molar-refractivity contribution is -0.144. The number of hydrogen-bond donors (Lipinski definition) is 4. The highest BCUT2D eigenvalue weighted by atomic mass is 16.6. The van der Waals surface area contributed by atoms with Gasteiger partial charge in [0.2, 0.25) is 17.6 Å². The van der Waals surface area contributed by atoms with E-state index in [2.05, 4.69) is 27.8 Å². The molecule has 6 amide bonds. The Morgan fingerprint density at radius 2 is 1.70 bits per heavy atom. The minimum Gasteiger partial charge on any atom is -0.449 e. The number of ether oxygens (including phenoxy) is 1. The molecule has 2 saturated heterocycles. The third-order valence-electron chi connectivity index (χ3n) is 9.04. The summed E-state index contributed by atoms with van der Waals surface area (Å²) >= 11 is 0. The molecule has 44 heavy (non-hydrogen) atoms. The predicted molar refractivity (Wildman–Crippen MR) is 163 cm³/mol. The van der Waals surface area contributed by atoms with Crippen LogP contribution in [0, 0.1) is 28.1 Å². The fourth-order valence-corrected chi connectivity index (χ4v) is 6.09. The third kappa shape index (κ3) is 7.89. The van der Waals surface area contributed by atoms with Crippen LogP contribution in [-0.4, -0.2) is 103 Å². The van der Waals surface area contributed by atoms with Crippen LogP contribution in [0.5, 0.6) is 0 Å². The lowest BCUT2D eigenvalue weighted by Crippen LogP contribution is -2.62. The second kappa shape index (κ2) is 13.2. The largest absolute Gasteiger partial charge is 0.449 e. The Morgan fingerprint density at radius 3 is 2.27 bits per heavy atom. The number of fused-ring (bicyclic) bond motifs is 1. The minimum absolute atomic E-state index is 0.0813. The molecule has 13 heteroatoms. The summed E-state index contributed by atoms with van der Waals surface area (Å²) in [6, 6.07) is -2.84. The molecule has 2 aliphatic heterocycles. The Hall–Kier alpha value is -3.64. The summed E-state index contributed by atoms with van der Waals surface area (Å²) in [5.74, 6) is -2.60. The van der Waals surface area contributed by atoms with Gasteiger partial charge in [0.05, 0.1) is 19.2 Å². The van der Waals surface area contributed by atoms with Crippen molar-refractivity contribution >= 4 is 35.6 Å². The number of rotatable bonds is 11. The van der Waals surface area contributed by atoms with Crippen LogP contribution >= 0.6 is 0 Å². The Balaban J connectivity index is 1.74. The highest BCUT2D eigenvalue weighted by Crippen LogP contribution is 2.65. The van der Waals surface area contributed by atoms with E-state index in [-0.39, 0.29) is 30.3 Å². The van der Waals surface area contributed by atoms with Crippen molar-refractivity contribution < 1.29 is 33.5 Å². The third-order valence-corrected chi connectivity index (χ3v) is 9.04. The van der Waals surface area contributed by atoms with Crippen LogP contribution in [0.4, 0.5) is 9.59 Å². The molecule has 246 valence electrons. The zero-order valence-corrected chi connectivity index (χ0v) is 27.4. The molecule has 1 saturated carbocycles. The Labute approximate surface area is 260 Å². The molecule has 3 aliphatic rings. The van der Waals surface area contributed by atoms with E-state index in [0.29, 0.717) is 26.1 Å². The van der Waals surface area contributed by atoms with Gasteiger partial charge in [-0.25, -0.2) is 9.59 Å². The molecular formula is C31H50N6O7. The van der Waals surface area contributed by atoms with E-state index in [0.717, 1.165) is 0 Å². The van der Waals surface area contributed by atoms with Crippen molar-refractivity contribution in [2.75, 3.05) is 39.3 Å². The lowest BCUT2D eigenvalue weighted by atomic mass is 9.85. The maximum absolute atomic E-state index is 14.1. The number of likely N-dealkylation sites (tertiary alicyclic amines) is 1. The molecule has 0 unspecified atom stereocenters. The Kier molecular flexibility index (Phi) is 10.4. The van der Waals surface area contributed by atoms with Gasteiger partial charge in [-0.3, -0.25) is 19.2 Å². The van der Waals surface area contributed by atoms with E-state index in [1.165, 1.54) is 11.0 Å². The van der Waals surface area contributed by atoms with Crippen LogP contribution in [0.1, 0.15) is 61.8 Å². The summed E-state index contributed by atoms with van der Waals surface area (Å²) in [5, 5.41) is 10.8. The fraction of sp³-hybridized carbons (Fsp3) is 0.742. The molecule has 0 bridgehead atoms. The van der Waals surface area contributed by atoms with Crippen molar-refractivity contribution in [3.63, 3.8) is 0 Å². The Morgan fingerprint density at radius 1 is 1.05 bits per heavy atom. The van der Waals surface area contributed by atoms with Gasteiger partial charge in [-0.15, -0.1) is 6.58 Å². The van der Waals surface area contributed by atoms with Gasteiger partial charge in [0.25, 0.3) is 5.91 Å². The average molecular weight is 619 g/mol. The quantitative estimate of drug-likeness (QED) is 0.201. The van der Waals surface area contributed by atoms with E-state index in [4.69, 9.17) is 4.74 Å². The van der Waals surface area contributed by atoms with Crippen LogP contribution in [0.3, 0.4) is 0 Å². The van der Waals surface area contributed by atoms with Crippen LogP contribution in [0.25, 0.3) is 0 Å². The number of cyclic esters (lactones) is 1. The number of urea groups is 1. The van der Waals surface area contributed by atoms with Crippen LogP contribution in [-0.2, 0) is 23.9 Å². The van der Waals surface area contributed by atoms with E-state index < -0.39 is 71.1 Å². The number of Topliss-reactive ketones (excluding diaryl/α,β-unsaturated/α-hetero) is 1. The molecule has 0 radical (unpaired) electrons. The Bertz CT molecular complexity index is 1170. The van der Waals surface area contributed by atoms with Crippen molar-refractivity contribution in [2.24, 2.45) is 28.1 Å². The number of carbonyl (C=O) groups is 6. The highest BCUT2D eigenvalue weighted by Gasteiger charge is 2.69. The summed E-state index contributed by atoms with van der Waals surface area (Å²) in [7, 11) is 0. The number of piperidine rings is 1. The lowest BCUT2D eigenvalue weighted by Gasteiger charge is -2.39. The van der Waals surface area contributed by atoms with Gasteiger partial charge in [-0.2, -0.15) is 0 Å². The standard InChI is InChI=1S/C31H50N6O7/c1-10-12-32-24(39)19(38)15-33-25(40)22-21-18(31(21,8)9)16-37(22)26(41)23(30(5,6)7)35-27(42)34-20(29(2,3)4)17-36-13-11-14-44-28(36)43/h10,18,20-23H,1,11-17H2,2-9H3,(H,32,39)(H,33,40)(H2,34,35,42)/t18-,20+,21-,22-,23+/m0/s1. The van der Waals surface area contributed by atoms with Gasteiger partial charge in [-0.1, -0.05) is 61.5 Å². The summed E-state index contributed by atoms with van der Waals surface area (Å²) in [6.45, 7) is 20.0. The smallest absolute Gasteiger partial charge is 0.409 e. The monoisotopic (exact) mass is 618 g/mol. The van der Waals surface area contributed by atoms with E-state index in [1.807, 2.05) is 55.4 Å². The topological polar surface area (TPSA) is 166 Å². The minimum atomic E-state index is -0.981. The fourth-order valence-electron chi connectivity index (χ4n) is 6.09. The number of nitrogens with one attached hydrogen (secondary N) is 4. The first-order valence-corrected chi connectivity index (χ1v) is 15.3. The summed E-state index contributed by atoms with van der Waals surface area (Å²) in [5.41, 5.74) is -1.31. The van der Waals surface area contributed by atoms with Crippen LogP contribution in [0.2, 0.25) is 0 Å². The number of amides is 6. The maximum Gasteiger partial charge on any atom is 0.409 e. The molecule has 4 N–H and O–H groups in total. The molecule has 0 spiro atoms. The van der Waals surface area contributed by atoms with Crippen molar-refractivity contribution in [2.45, 2.75) is 79.9 Å². The molecule has 5 atom stereocenters. The van der Waals surface area contributed by atoms with Gasteiger partial charge in [0.15, 0.2) is 0 Å². The van der Waals surface area contributed by atoms with E-state index in [9.17, 15) is 28.8 Å². The van der Waals surface area contributed by atoms with Gasteiger partial charge in [0.1, 0.15) is 12.1 Å². The van der Waals surface area contributed by atoms with Crippen molar-refractivity contribution in [3.05, 3.63) is 12.7 Å². The van der Waals surface area contributed by atoms with E-state index in [1.54, 1.807) is 4.90 Å². The second-order valence-electron chi connectivity index (χ2n) is 14.8. The summed E-state index contributed by atoms with van der Waals surface area (Å²) < 4.78 is 5.15. The predicted octanol–water partition coefficient (Wildman–Crippen LogP) is 1.43. The normalized spacial score (nSPS) is 23.8. The maximum atomic E-state index is 14.1. The van der Waals surface area contributed by atoms with E-state index >= 15 is 0 Å². The number of nitrogens with zero attached hydrogens (tertiary/aromatic N) is 2. The van der Waals surface area contributed by atoms with Gasteiger partial charge in [0, 0.05) is 26.2 Å². The summed E-state index contributed by atoms with van der Waals surface area (Å²) in [6.07, 6.45) is 1.72. The van der Waals surface area contributed by atoms with Crippen molar-refractivity contribution in [1.29, 1.82) is 0 Å². The molecular weight excluding hydrogens is 568 g/mol. The molecule has 0 aromatic carbocycles. The zero-order valence-electron chi connectivity index (χ0n) is 27.4. The molecule has 1 aliphatic carbocycles. The second-order valence-corrected chi connectivity index (χ2v) is 14.8. The number of hydrogen-bond acceptors (Lipinski definition) is 7. The molecule has 0 aromatic rings. The van der Waals surface area contributed by atoms with Crippen LogP contribution < -0.4 is 21.3 Å². The number of ketones is 1. The SMILES string of the molecule is C=CCNC(=O)C(=O)CNC(=O)[C@@H]1[C@@H]2[C@H](CN1C(=O)[C@@H](NC(=O)N[C@H](CN1CCCOC1=O)C(C)(C)C)C(C)(C)C)C2(C)C. The molecule has 13 nitrogen and oxygen atoms in total. The molecule has 2 heterocycles.